The lowest BCUT2D eigenvalue weighted by Crippen LogP contribution is -2.25. The van der Waals surface area contributed by atoms with Crippen LogP contribution in [0.25, 0.3) is 16.6 Å². The minimum absolute atomic E-state index is 0.0148. The molecule has 24 heavy (non-hydrogen) atoms. The summed E-state index contributed by atoms with van der Waals surface area (Å²) in [7, 11) is 0. The topological polar surface area (TPSA) is 60.9 Å². The Labute approximate surface area is 142 Å². The number of hydrogen-bond donors (Lipinski definition) is 1. The van der Waals surface area contributed by atoms with Crippen LogP contribution in [0.3, 0.4) is 0 Å². The highest BCUT2D eigenvalue weighted by molar-refractivity contribution is 5.78. The zero-order valence-electron chi connectivity index (χ0n) is 14.5. The Morgan fingerprint density at radius 3 is 2.62 bits per heavy atom. The van der Waals surface area contributed by atoms with E-state index < -0.39 is 0 Å². The summed E-state index contributed by atoms with van der Waals surface area (Å²) in [4.78, 5) is 17.9. The number of anilines is 1. The molecule has 2 aromatic carbocycles. The number of unbranched alkanes of at least 4 members (excludes halogenated alkanes) is 1. The first-order valence-corrected chi connectivity index (χ1v) is 8.40. The fraction of sp³-hybridized carbons (Fsp3) is 0.300. The number of benzene rings is 2. The number of rotatable bonds is 4. The summed E-state index contributed by atoms with van der Waals surface area (Å²) in [5.41, 5.74) is 10.3. The smallest absolute Gasteiger partial charge is 0.265 e. The van der Waals surface area contributed by atoms with Gasteiger partial charge in [-0.1, -0.05) is 25.5 Å². The molecule has 0 aliphatic rings. The highest BCUT2D eigenvalue weighted by Gasteiger charge is 2.14. The number of aromatic nitrogens is 2. The molecule has 0 amide bonds. The molecule has 124 valence electrons. The lowest BCUT2D eigenvalue weighted by molar-refractivity contribution is 0.719. The van der Waals surface area contributed by atoms with Crippen molar-refractivity contribution in [1.82, 2.24) is 9.55 Å². The Balaban J connectivity index is 2.35. The fourth-order valence-corrected chi connectivity index (χ4v) is 2.99. The van der Waals surface area contributed by atoms with Crippen LogP contribution < -0.4 is 11.3 Å². The summed E-state index contributed by atoms with van der Waals surface area (Å²) >= 11 is 0. The Bertz CT molecular complexity index is 957. The summed E-state index contributed by atoms with van der Waals surface area (Å²) in [6.07, 6.45) is 2.83. The molecule has 0 atom stereocenters. The van der Waals surface area contributed by atoms with E-state index in [9.17, 15) is 4.79 Å². The third kappa shape index (κ3) is 2.80. The fourth-order valence-electron chi connectivity index (χ4n) is 2.99. The molecule has 4 heteroatoms. The molecular formula is C20H23N3O. The van der Waals surface area contributed by atoms with Crippen molar-refractivity contribution in [3.05, 3.63) is 63.7 Å². The number of nitrogens with zero attached hydrogens (tertiary/aromatic N) is 2. The molecule has 1 aromatic heterocycles. The van der Waals surface area contributed by atoms with Crippen molar-refractivity contribution in [1.29, 1.82) is 0 Å². The lowest BCUT2D eigenvalue weighted by Gasteiger charge is -2.17. The van der Waals surface area contributed by atoms with Gasteiger partial charge in [-0.3, -0.25) is 9.36 Å². The minimum Gasteiger partial charge on any atom is -0.399 e. The van der Waals surface area contributed by atoms with Crippen LogP contribution in [0.1, 0.15) is 36.7 Å². The maximum Gasteiger partial charge on any atom is 0.265 e. The SMILES string of the molecule is CCCCc1nc2ccccc2c(=O)n1-c1cc(C)c(N)cc1C. The Morgan fingerprint density at radius 2 is 1.88 bits per heavy atom. The van der Waals surface area contributed by atoms with E-state index >= 15 is 0 Å². The Kier molecular flexibility index (Phi) is 4.38. The van der Waals surface area contributed by atoms with Gasteiger partial charge in [-0.25, -0.2) is 4.98 Å². The number of hydrogen-bond acceptors (Lipinski definition) is 3. The number of aryl methyl sites for hydroxylation is 3. The van der Waals surface area contributed by atoms with Crippen molar-refractivity contribution in [3.8, 4) is 5.69 Å². The average molecular weight is 321 g/mol. The van der Waals surface area contributed by atoms with Gasteiger partial charge in [-0.15, -0.1) is 0 Å². The van der Waals surface area contributed by atoms with Gasteiger partial charge in [0.05, 0.1) is 16.6 Å². The normalized spacial score (nSPS) is 11.1. The molecule has 0 aliphatic carbocycles. The standard InChI is InChI=1S/C20H23N3O/c1-4-5-10-19-22-17-9-7-6-8-15(17)20(24)23(19)18-12-13(2)16(21)11-14(18)3/h6-9,11-12H,4-5,10,21H2,1-3H3. The van der Waals surface area contributed by atoms with Gasteiger partial charge < -0.3 is 5.73 Å². The van der Waals surface area contributed by atoms with Gasteiger partial charge in [0.25, 0.3) is 5.56 Å². The van der Waals surface area contributed by atoms with Crippen LogP contribution >= 0.6 is 0 Å². The largest absolute Gasteiger partial charge is 0.399 e. The van der Waals surface area contributed by atoms with Crippen LogP contribution in [0.15, 0.2) is 41.2 Å². The summed E-state index contributed by atoms with van der Waals surface area (Å²) in [6, 6.07) is 11.4. The molecule has 0 spiro atoms. The molecule has 0 radical (unpaired) electrons. The predicted molar refractivity (Wildman–Crippen MR) is 99.8 cm³/mol. The average Bonchev–Trinajstić information content (AvgIpc) is 2.57. The first-order valence-electron chi connectivity index (χ1n) is 8.40. The second kappa shape index (κ2) is 6.48. The van der Waals surface area contributed by atoms with Crippen molar-refractivity contribution in [3.63, 3.8) is 0 Å². The van der Waals surface area contributed by atoms with Gasteiger partial charge in [0.2, 0.25) is 0 Å². The van der Waals surface area contributed by atoms with E-state index in [1.807, 2.05) is 50.2 Å². The van der Waals surface area contributed by atoms with E-state index in [1.54, 1.807) is 4.57 Å². The van der Waals surface area contributed by atoms with Gasteiger partial charge in [0.1, 0.15) is 5.82 Å². The molecular weight excluding hydrogens is 298 g/mol. The maximum absolute atomic E-state index is 13.2. The van der Waals surface area contributed by atoms with Crippen molar-refractivity contribution < 1.29 is 0 Å². The monoisotopic (exact) mass is 321 g/mol. The van der Waals surface area contributed by atoms with E-state index in [4.69, 9.17) is 10.7 Å². The van der Waals surface area contributed by atoms with Crippen molar-refractivity contribution in [2.45, 2.75) is 40.0 Å². The highest BCUT2D eigenvalue weighted by Crippen LogP contribution is 2.22. The highest BCUT2D eigenvalue weighted by atomic mass is 16.1. The molecule has 0 unspecified atom stereocenters. The molecule has 4 nitrogen and oxygen atoms in total. The van der Waals surface area contributed by atoms with E-state index in [-0.39, 0.29) is 5.56 Å². The van der Waals surface area contributed by atoms with Gasteiger partial charge in [-0.05, 0) is 55.7 Å². The lowest BCUT2D eigenvalue weighted by atomic mass is 10.1. The molecule has 0 fully saturated rings. The minimum atomic E-state index is -0.0148. The van der Waals surface area contributed by atoms with Crippen LogP contribution in [0.2, 0.25) is 0 Å². The quantitative estimate of drug-likeness (QED) is 0.741. The zero-order valence-corrected chi connectivity index (χ0v) is 14.5. The van der Waals surface area contributed by atoms with Crippen LogP contribution in [-0.2, 0) is 6.42 Å². The van der Waals surface area contributed by atoms with Crippen LogP contribution in [0.5, 0.6) is 0 Å². The van der Waals surface area contributed by atoms with Crippen LogP contribution in [0, 0.1) is 13.8 Å². The number of fused-ring (bicyclic) bond motifs is 1. The molecule has 0 bridgehead atoms. The van der Waals surface area contributed by atoms with E-state index in [2.05, 4.69) is 6.92 Å². The molecule has 0 saturated carbocycles. The van der Waals surface area contributed by atoms with E-state index in [0.29, 0.717) is 5.39 Å². The number of nitrogen functional groups attached to an aromatic ring is 1. The predicted octanol–water partition coefficient (Wildman–Crippen LogP) is 3.93. The first-order chi connectivity index (χ1) is 11.5. The Hall–Kier alpha value is -2.62. The summed E-state index contributed by atoms with van der Waals surface area (Å²) < 4.78 is 1.76. The van der Waals surface area contributed by atoms with Crippen molar-refractivity contribution in [2.75, 3.05) is 5.73 Å². The third-order valence-corrected chi connectivity index (χ3v) is 4.42. The summed E-state index contributed by atoms with van der Waals surface area (Å²) in [5, 5.41) is 0.645. The Morgan fingerprint density at radius 1 is 1.12 bits per heavy atom. The van der Waals surface area contributed by atoms with Crippen LogP contribution in [-0.4, -0.2) is 9.55 Å². The van der Waals surface area contributed by atoms with Crippen molar-refractivity contribution in [2.24, 2.45) is 0 Å². The molecule has 0 saturated heterocycles. The van der Waals surface area contributed by atoms with Gasteiger partial charge in [-0.2, -0.15) is 0 Å². The maximum atomic E-state index is 13.2. The number of para-hydroxylation sites is 1. The first kappa shape index (κ1) is 16.2. The molecule has 3 aromatic rings. The van der Waals surface area contributed by atoms with Gasteiger partial charge in [0.15, 0.2) is 0 Å². The third-order valence-electron chi connectivity index (χ3n) is 4.42. The molecule has 2 N–H and O–H groups in total. The van der Waals surface area contributed by atoms with E-state index in [1.165, 1.54) is 0 Å². The van der Waals surface area contributed by atoms with E-state index in [0.717, 1.165) is 53.1 Å². The van der Waals surface area contributed by atoms with Gasteiger partial charge >= 0.3 is 0 Å². The second-order valence-electron chi connectivity index (χ2n) is 6.28. The zero-order chi connectivity index (χ0) is 17.3. The number of nitrogens with two attached hydrogens (primary N) is 1. The second-order valence-corrected chi connectivity index (χ2v) is 6.28. The molecule has 1 heterocycles. The molecule has 3 rings (SSSR count). The van der Waals surface area contributed by atoms with Gasteiger partial charge in [0, 0.05) is 12.1 Å². The summed E-state index contributed by atoms with van der Waals surface area (Å²) in [5.74, 6) is 0.813. The summed E-state index contributed by atoms with van der Waals surface area (Å²) in [6.45, 7) is 6.09. The van der Waals surface area contributed by atoms with Crippen molar-refractivity contribution >= 4 is 16.6 Å². The van der Waals surface area contributed by atoms with Crippen LogP contribution in [0.4, 0.5) is 5.69 Å². The molecule has 0 aliphatic heterocycles.